The fourth-order valence-electron chi connectivity index (χ4n) is 4.61. The van der Waals surface area contributed by atoms with Gasteiger partial charge in [0.15, 0.2) is 6.29 Å². The third kappa shape index (κ3) is 9.22. The molecule has 0 aliphatic carbocycles. The van der Waals surface area contributed by atoms with E-state index in [1.807, 2.05) is 6.20 Å². The van der Waals surface area contributed by atoms with Crippen molar-refractivity contribution in [3.05, 3.63) is 53.7 Å². The van der Waals surface area contributed by atoms with Crippen molar-refractivity contribution in [3.8, 4) is 11.3 Å². The largest absolute Gasteiger partial charge is 0.348 e. The summed E-state index contributed by atoms with van der Waals surface area (Å²) in [5.74, 6) is 0.532. The van der Waals surface area contributed by atoms with Crippen LogP contribution in [0, 0.1) is 5.92 Å². The van der Waals surface area contributed by atoms with Crippen LogP contribution in [-0.4, -0.2) is 18.2 Å². The van der Waals surface area contributed by atoms with Gasteiger partial charge in [-0.3, -0.25) is 4.98 Å². The first-order valence-electron chi connectivity index (χ1n) is 13.6. The zero-order chi connectivity index (χ0) is 23.1. The standard InChI is InChI=1S/C30H45NO2/c1-3-5-7-9-11-12-14-25-16-18-27(19-17-25)29-21-20-28(22-31-29)30-32-23-26(24-33-30)15-13-10-8-6-4-2/h16-22,26,30H,3-15,23-24H2,1-2H3/t26-,30-. The van der Waals surface area contributed by atoms with Gasteiger partial charge in [-0.2, -0.15) is 0 Å². The third-order valence-corrected chi connectivity index (χ3v) is 6.81. The Hall–Kier alpha value is -1.71. The van der Waals surface area contributed by atoms with E-state index in [9.17, 15) is 0 Å². The van der Waals surface area contributed by atoms with Gasteiger partial charge in [0.05, 0.1) is 18.9 Å². The Morgan fingerprint density at radius 2 is 1.36 bits per heavy atom. The summed E-state index contributed by atoms with van der Waals surface area (Å²) in [6.45, 7) is 6.12. The highest BCUT2D eigenvalue weighted by Crippen LogP contribution is 2.28. The molecule has 2 heterocycles. The SMILES string of the molecule is CCCCCCCCc1ccc(-c2ccc([C@H]3OC[C@H](CCCCCCC)CO3)cn2)cc1. The third-order valence-electron chi connectivity index (χ3n) is 6.81. The molecule has 0 saturated carbocycles. The number of rotatable bonds is 15. The van der Waals surface area contributed by atoms with Gasteiger partial charge in [-0.25, -0.2) is 0 Å². The molecule has 2 aromatic rings. The van der Waals surface area contributed by atoms with Gasteiger partial charge in [-0.05, 0) is 30.9 Å². The van der Waals surface area contributed by atoms with Crippen LogP contribution in [0.2, 0.25) is 0 Å². The minimum absolute atomic E-state index is 0.275. The van der Waals surface area contributed by atoms with Crippen LogP contribution in [0.1, 0.15) is 108 Å². The zero-order valence-electron chi connectivity index (χ0n) is 21.1. The van der Waals surface area contributed by atoms with Crippen LogP contribution >= 0.6 is 0 Å². The number of ether oxygens (including phenoxy) is 2. The topological polar surface area (TPSA) is 31.4 Å². The molecule has 0 amide bonds. The molecule has 0 N–H and O–H groups in total. The van der Waals surface area contributed by atoms with Crippen LogP contribution in [0.15, 0.2) is 42.6 Å². The number of nitrogens with zero attached hydrogens (tertiary/aromatic N) is 1. The van der Waals surface area contributed by atoms with Gasteiger partial charge >= 0.3 is 0 Å². The highest BCUT2D eigenvalue weighted by Gasteiger charge is 2.23. The molecule has 0 spiro atoms. The van der Waals surface area contributed by atoms with Crippen LogP contribution in [0.5, 0.6) is 0 Å². The van der Waals surface area contributed by atoms with Crippen molar-refractivity contribution in [2.45, 2.75) is 104 Å². The summed E-state index contributed by atoms with van der Waals surface area (Å²) in [5, 5.41) is 0. The fraction of sp³-hybridized carbons (Fsp3) is 0.633. The second-order valence-electron chi connectivity index (χ2n) is 9.76. The molecule has 3 rings (SSSR count). The molecule has 3 heteroatoms. The van der Waals surface area contributed by atoms with Crippen LogP contribution in [0.4, 0.5) is 0 Å². The molecule has 33 heavy (non-hydrogen) atoms. The Morgan fingerprint density at radius 1 is 0.727 bits per heavy atom. The molecule has 1 saturated heterocycles. The number of unbranched alkanes of at least 4 members (excludes halogenated alkanes) is 9. The van der Waals surface area contributed by atoms with Gasteiger partial charge in [-0.1, -0.05) is 108 Å². The Kier molecular flexibility index (Phi) is 12.0. The van der Waals surface area contributed by atoms with Gasteiger partial charge in [-0.15, -0.1) is 0 Å². The molecule has 1 aromatic heterocycles. The fourth-order valence-corrected chi connectivity index (χ4v) is 4.61. The number of benzene rings is 1. The Balaban J connectivity index is 1.39. The molecule has 0 unspecified atom stereocenters. The summed E-state index contributed by atoms with van der Waals surface area (Å²) in [6.07, 6.45) is 18.7. The quantitative estimate of drug-likeness (QED) is 0.254. The molecule has 1 aliphatic heterocycles. The van der Waals surface area contributed by atoms with Crippen molar-refractivity contribution in [2.75, 3.05) is 13.2 Å². The summed E-state index contributed by atoms with van der Waals surface area (Å²) < 4.78 is 12.0. The van der Waals surface area contributed by atoms with Crippen LogP contribution in [0.25, 0.3) is 11.3 Å². The van der Waals surface area contributed by atoms with E-state index in [1.165, 1.54) is 94.6 Å². The minimum atomic E-state index is -0.275. The second kappa shape index (κ2) is 15.2. The van der Waals surface area contributed by atoms with E-state index >= 15 is 0 Å². The highest BCUT2D eigenvalue weighted by atomic mass is 16.7. The number of hydrogen-bond donors (Lipinski definition) is 0. The predicted octanol–water partition coefficient (Wildman–Crippen LogP) is 8.67. The maximum Gasteiger partial charge on any atom is 0.185 e. The first kappa shape index (κ1) is 25.9. The van der Waals surface area contributed by atoms with Gasteiger partial charge in [0.1, 0.15) is 0 Å². The van der Waals surface area contributed by atoms with E-state index in [4.69, 9.17) is 14.5 Å². The average molecular weight is 452 g/mol. The van der Waals surface area contributed by atoms with E-state index < -0.39 is 0 Å². The summed E-state index contributed by atoms with van der Waals surface area (Å²) in [4.78, 5) is 4.69. The van der Waals surface area contributed by atoms with Crippen molar-refractivity contribution in [2.24, 2.45) is 5.92 Å². The van der Waals surface area contributed by atoms with Gasteiger partial charge in [0.25, 0.3) is 0 Å². The lowest BCUT2D eigenvalue weighted by Gasteiger charge is -2.29. The normalized spacial score (nSPS) is 18.5. The van der Waals surface area contributed by atoms with E-state index in [0.29, 0.717) is 5.92 Å². The Morgan fingerprint density at radius 3 is 2.00 bits per heavy atom. The molecule has 182 valence electrons. The van der Waals surface area contributed by atoms with Crippen molar-refractivity contribution < 1.29 is 9.47 Å². The Bertz CT molecular complexity index is 748. The van der Waals surface area contributed by atoms with E-state index in [1.54, 1.807) is 0 Å². The van der Waals surface area contributed by atoms with Crippen molar-refractivity contribution >= 4 is 0 Å². The predicted molar refractivity (Wildman–Crippen MR) is 138 cm³/mol. The molecule has 1 fully saturated rings. The van der Waals surface area contributed by atoms with Crippen LogP contribution < -0.4 is 0 Å². The lowest BCUT2D eigenvalue weighted by atomic mass is 10.0. The van der Waals surface area contributed by atoms with Gasteiger partial charge in [0.2, 0.25) is 0 Å². The maximum atomic E-state index is 6.02. The summed E-state index contributed by atoms with van der Waals surface area (Å²) in [7, 11) is 0. The minimum Gasteiger partial charge on any atom is -0.348 e. The zero-order valence-corrected chi connectivity index (χ0v) is 21.1. The molecule has 0 radical (unpaired) electrons. The molecule has 1 aliphatic rings. The molecule has 3 nitrogen and oxygen atoms in total. The number of pyridine rings is 1. The first-order valence-corrected chi connectivity index (χ1v) is 13.6. The molecular weight excluding hydrogens is 406 g/mol. The molecule has 0 atom stereocenters. The van der Waals surface area contributed by atoms with Crippen molar-refractivity contribution in [1.29, 1.82) is 0 Å². The number of hydrogen-bond acceptors (Lipinski definition) is 3. The number of aromatic nitrogens is 1. The summed E-state index contributed by atoms with van der Waals surface area (Å²) >= 11 is 0. The average Bonchev–Trinajstić information content (AvgIpc) is 2.87. The van der Waals surface area contributed by atoms with E-state index in [-0.39, 0.29) is 6.29 Å². The second-order valence-corrected chi connectivity index (χ2v) is 9.76. The van der Waals surface area contributed by atoms with Crippen molar-refractivity contribution in [3.63, 3.8) is 0 Å². The monoisotopic (exact) mass is 451 g/mol. The highest BCUT2D eigenvalue weighted by molar-refractivity contribution is 5.59. The van der Waals surface area contributed by atoms with Gasteiger partial charge < -0.3 is 9.47 Å². The molecule has 0 bridgehead atoms. The number of aryl methyl sites for hydroxylation is 1. The van der Waals surface area contributed by atoms with E-state index in [0.717, 1.165) is 24.5 Å². The molecular formula is C30H45NO2. The van der Waals surface area contributed by atoms with Crippen LogP contribution in [0.3, 0.4) is 0 Å². The first-order chi connectivity index (χ1) is 16.3. The van der Waals surface area contributed by atoms with Gasteiger partial charge in [0, 0.05) is 23.2 Å². The maximum absolute atomic E-state index is 6.02. The lowest BCUT2D eigenvalue weighted by Crippen LogP contribution is -2.27. The van der Waals surface area contributed by atoms with Crippen LogP contribution in [-0.2, 0) is 15.9 Å². The smallest absolute Gasteiger partial charge is 0.185 e. The molecule has 1 aromatic carbocycles. The lowest BCUT2D eigenvalue weighted by molar-refractivity contribution is -0.206. The summed E-state index contributed by atoms with van der Waals surface area (Å²) in [6, 6.07) is 13.1. The van der Waals surface area contributed by atoms with Crippen molar-refractivity contribution in [1.82, 2.24) is 4.98 Å². The summed E-state index contributed by atoms with van der Waals surface area (Å²) in [5.41, 5.74) is 4.61. The Labute approximate surface area is 202 Å². The van der Waals surface area contributed by atoms with E-state index in [2.05, 4.69) is 50.2 Å².